The molecule has 0 bridgehead atoms. The van der Waals surface area contributed by atoms with Gasteiger partial charge in [-0.3, -0.25) is 4.39 Å². The Morgan fingerprint density at radius 1 is 1.30 bits per heavy atom. The number of likely N-dealkylation sites (tertiary alicyclic amines) is 1. The third-order valence-electron chi connectivity index (χ3n) is 3.46. The van der Waals surface area contributed by atoms with Gasteiger partial charge in [0.15, 0.2) is 0 Å². The van der Waals surface area contributed by atoms with Gasteiger partial charge >= 0.3 is 6.09 Å². The van der Waals surface area contributed by atoms with E-state index in [1.165, 1.54) is 0 Å². The van der Waals surface area contributed by atoms with Gasteiger partial charge in [-0.2, -0.15) is 0 Å². The monoisotopic (exact) mass is 290 g/mol. The minimum Gasteiger partial charge on any atom is -0.444 e. The summed E-state index contributed by atoms with van der Waals surface area (Å²) < 4.78 is 20.8. The zero-order chi connectivity index (χ0) is 15.2. The zero-order valence-corrected chi connectivity index (χ0v) is 13.0. The standard InChI is InChI=1S/C13H24N2O3.CH3F/c1-12(2,3)18-11(16)15-7-4-13(5-8-15)10-14-6-9-17-13;1-2/h14H,4-10H2,1-3H3;1H3. The van der Waals surface area contributed by atoms with Gasteiger partial charge in [0.25, 0.3) is 0 Å². The number of alkyl halides is 1. The fraction of sp³-hybridized carbons (Fsp3) is 0.929. The minimum atomic E-state index is -0.422. The normalized spacial score (nSPS) is 21.9. The van der Waals surface area contributed by atoms with Crippen molar-refractivity contribution in [1.29, 1.82) is 0 Å². The summed E-state index contributed by atoms with van der Waals surface area (Å²) in [5, 5.41) is 3.37. The lowest BCUT2D eigenvalue weighted by Gasteiger charge is -2.44. The number of hydrogen-bond acceptors (Lipinski definition) is 4. The molecule has 2 aliphatic heterocycles. The van der Waals surface area contributed by atoms with Gasteiger partial charge in [0.1, 0.15) is 5.60 Å². The number of carbonyl (C=O) groups is 1. The molecule has 2 aliphatic rings. The SMILES string of the molecule is CC(C)(C)OC(=O)N1CCC2(CC1)CNCCO2.CF. The molecule has 2 fully saturated rings. The molecule has 0 aromatic rings. The second-order valence-electron chi connectivity index (χ2n) is 6.18. The first-order valence-corrected chi connectivity index (χ1v) is 7.11. The lowest BCUT2D eigenvalue weighted by Crippen LogP contribution is -2.56. The predicted molar refractivity (Wildman–Crippen MR) is 75.6 cm³/mol. The van der Waals surface area contributed by atoms with Gasteiger partial charge in [-0.1, -0.05) is 0 Å². The molecule has 0 unspecified atom stereocenters. The second-order valence-corrected chi connectivity index (χ2v) is 6.18. The van der Waals surface area contributed by atoms with Crippen LogP contribution in [0, 0.1) is 0 Å². The molecule has 2 saturated heterocycles. The van der Waals surface area contributed by atoms with Gasteiger partial charge in [0, 0.05) is 26.2 Å². The molecule has 5 nitrogen and oxygen atoms in total. The highest BCUT2D eigenvalue weighted by molar-refractivity contribution is 5.68. The van der Waals surface area contributed by atoms with E-state index >= 15 is 0 Å². The summed E-state index contributed by atoms with van der Waals surface area (Å²) in [7, 11) is 0.500. The fourth-order valence-corrected chi connectivity index (χ4v) is 2.45. The van der Waals surface area contributed by atoms with Crippen LogP contribution in [0.5, 0.6) is 0 Å². The summed E-state index contributed by atoms with van der Waals surface area (Å²) in [6.45, 7) is 9.71. The Kier molecular flexibility index (Phi) is 6.20. The maximum Gasteiger partial charge on any atom is 0.410 e. The van der Waals surface area contributed by atoms with Crippen molar-refractivity contribution in [3.8, 4) is 0 Å². The Bertz CT molecular complexity index is 302. The van der Waals surface area contributed by atoms with Crippen LogP contribution < -0.4 is 5.32 Å². The summed E-state index contributed by atoms with van der Waals surface area (Å²) in [6, 6.07) is 0. The zero-order valence-electron chi connectivity index (χ0n) is 13.0. The number of morpholine rings is 1. The molecule has 2 heterocycles. The van der Waals surface area contributed by atoms with Crippen LogP contribution >= 0.6 is 0 Å². The van der Waals surface area contributed by atoms with Crippen LogP contribution in [0.3, 0.4) is 0 Å². The average molecular weight is 290 g/mol. The molecule has 0 atom stereocenters. The Morgan fingerprint density at radius 2 is 1.90 bits per heavy atom. The molecule has 20 heavy (non-hydrogen) atoms. The minimum absolute atomic E-state index is 0.0588. The first-order chi connectivity index (χ1) is 9.40. The topological polar surface area (TPSA) is 50.8 Å². The quantitative estimate of drug-likeness (QED) is 0.741. The van der Waals surface area contributed by atoms with Crippen molar-refractivity contribution in [3.63, 3.8) is 0 Å². The number of halogens is 1. The summed E-state index contributed by atoms with van der Waals surface area (Å²) in [6.07, 6.45) is 1.57. The van der Waals surface area contributed by atoms with Gasteiger partial charge < -0.3 is 19.7 Å². The van der Waals surface area contributed by atoms with Crippen LogP contribution in [-0.4, -0.2) is 62.2 Å². The van der Waals surface area contributed by atoms with Crippen LogP contribution in [0.1, 0.15) is 33.6 Å². The first-order valence-electron chi connectivity index (χ1n) is 7.11. The van der Waals surface area contributed by atoms with Crippen LogP contribution in [0.4, 0.5) is 9.18 Å². The van der Waals surface area contributed by atoms with Crippen LogP contribution in [0.2, 0.25) is 0 Å². The molecule has 0 aromatic carbocycles. The highest BCUT2D eigenvalue weighted by Crippen LogP contribution is 2.28. The molecular weight excluding hydrogens is 263 g/mol. The number of amides is 1. The summed E-state index contributed by atoms with van der Waals surface area (Å²) in [5.41, 5.74) is -0.480. The van der Waals surface area contributed by atoms with Gasteiger partial charge in [0.2, 0.25) is 0 Å². The number of ether oxygens (including phenoxy) is 2. The molecule has 1 amide bonds. The molecule has 118 valence electrons. The number of nitrogens with one attached hydrogen (secondary N) is 1. The first kappa shape index (κ1) is 17.2. The number of rotatable bonds is 0. The second kappa shape index (κ2) is 7.22. The van der Waals surface area contributed by atoms with Crippen molar-refractivity contribution in [2.75, 3.05) is 40.0 Å². The number of hydrogen-bond donors (Lipinski definition) is 1. The Morgan fingerprint density at radius 3 is 2.35 bits per heavy atom. The summed E-state index contributed by atoms with van der Waals surface area (Å²) in [5.74, 6) is 0. The third-order valence-corrected chi connectivity index (χ3v) is 3.46. The fourth-order valence-electron chi connectivity index (χ4n) is 2.45. The van der Waals surface area contributed by atoms with Crippen LogP contribution in [0.15, 0.2) is 0 Å². The molecule has 6 heteroatoms. The van der Waals surface area contributed by atoms with Gasteiger partial charge in [-0.05, 0) is 33.6 Å². The van der Waals surface area contributed by atoms with Gasteiger partial charge in [-0.15, -0.1) is 0 Å². The van der Waals surface area contributed by atoms with Crippen molar-refractivity contribution in [2.24, 2.45) is 0 Å². The lowest BCUT2D eigenvalue weighted by atomic mass is 9.90. The van der Waals surface area contributed by atoms with E-state index in [-0.39, 0.29) is 11.7 Å². The Balaban J connectivity index is 0.000000956. The number of carbonyl (C=O) groups excluding carboxylic acids is 1. The molecule has 1 spiro atoms. The smallest absolute Gasteiger partial charge is 0.410 e. The Hall–Kier alpha value is -0.880. The maximum absolute atomic E-state index is 11.9. The summed E-state index contributed by atoms with van der Waals surface area (Å²) in [4.78, 5) is 13.7. The molecule has 0 aromatic heterocycles. The van der Waals surface area contributed by atoms with E-state index in [0.29, 0.717) is 7.18 Å². The number of piperidine rings is 1. The van der Waals surface area contributed by atoms with Crippen LogP contribution in [0.25, 0.3) is 0 Å². The van der Waals surface area contributed by atoms with E-state index < -0.39 is 5.60 Å². The van der Waals surface area contributed by atoms with E-state index in [1.807, 2.05) is 20.8 Å². The average Bonchev–Trinajstić information content (AvgIpc) is 2.41. The Labute approximate surface area is 120 Å². The van der Waals surface area contributed by atoms with Crippen LogP contribution in [-0.2, 0) is 9.47 Å². The molecular formula is C14H27FN2O3. The highest BCUT2D eigenvalue weighted by Gasteiger charge is 2.38. The van der Waals surface area contributed by atoms with E-state index in [9.17, 15) is 9.18 Å². The van der Waals surface area contributed by atoms with Crippen molar-refractivity contribution in [3.05, 3.63) is 0 Å². The molecule has 0 radical (unpaired) electrons. The summed E-state index contributed by atoms with van der Waals surface area (Å²) >= 11 is 0. The van der Waals surface area contributed by atoms with E-state index in [0.717, 1.165) is 45.6 Å². The number of nitrogens with zero attached hydrogens (tertiary/aromatic N) is 1. The van der Waals surface area contributed by atoms with Crippen molar-refractivity contribution < 1.29 is 18.7 Å². The largest absolute Gasteiger partial charge is 0.444 e. The molecule has 1 N–H and O–H groups in total. The van der Waals surface area contributed by atoms with E-state index in [1.54, 1.807) is 4.90 Å². The van der Waals surface area contributed by atoms with Crippen molar-refractivity contribution in [2.45, 2.75) is 44.8 Å². The van der Waals surface area contributed by atoms with Crippen molar-refractivity contribution >= 4 is 6.09 Å². The molecule has 0 saturated carbocycles. The lowest BCUT2D eigenvalue weighted by molar-refractivity contribution is -0.0993. The van der Waals surface area contributed by atoms with Gasteiger partial charge in [-0.25, -0.2) is 4.79 Å². The van der Waals surface area contributed by atoms with E-state index in [2.05, 4.69) is 5.32 Å². The highest BCUT2D eigenvalue weighted by atomic mass is 19.1. The van der Waals surface area contributed by atoms with Crippen molar-refractivity contribution in [1.82, 2.24) is 10.2 Å². The predicted octanol–water partition coefficient (Wildman–Crippen LogP) is 1.96. The molecule has 0 aliphatic carbocycles. The maximum atomic E-state index is 11.9. The third kappa shape index (κ3) is 4.90. The van der Waals surface area contributed by atoms with E-state index in [4.69, 9.17) is 9.47 Å². The molecule has 2 rings (SSSR count). The van der Waals surface area contributed by atoms with Gasteiger partial charge in [0.05, 0.1) is 19.4 Å².